The van der Waals surface area contributed by atoms with Crippen molar-refractivity contribution in [1.82, 2.24) is 20.5 Å². The van der Waals surface area contributed by atoms with Gasteiger partial charge in [-0.25, -0.2) is 4.98 Å². The van der Waals surface area contributed by atoms with E-state index in [-0.39, 0.29) is 5.91 Å². The number of methoxy groups -OCH3 is 1. The Kier molecular flexibility index (Phi) is 3.73. The van der Waals surface area contributed by atoms with Crippen molar-refractivity contribution in [3.63, 3.8) is 0 Å². The fourth-order valence-electron chi connectivity index (χ4n) is 2.84. The molecule has 0 saturated heterocycles. The Morgan fingerprint density at radius 2 is 2.09 bits per heavy atom. The normalized spacial score (nSPS) is 10.8. The van der Waals surface area contributed by atoms with Gasteiger partial charge in [0.2, 0.25) is 0 Å². The molecule has 0 fully saturated rings. The Labute approximate surface area is 133 Å². The predicted molar refractivity (Wildman–Crippen MR) is 88.7 cm³/mol. The van der Waals surface area contributed by atoms with Crippen LogP contribution < -0.4 is 10.1 Å². The second-order valence-electron chi connectivity index (χ2n) is 5.35. The number of pyridine rings is 1. The molecule has 0 bridgehead atoms. The lowest BCUT2D eigenvalue weighted by atomic mass is 9.94. The maximum Gasteiger partial charge on any atom is 0.269 e. The van der Waals surface area contributed by atoms with Crippen LogP contribution in [0, 0.1) is 13.8 Å². The Bertz CT molecular complexity index is 899. The van der Waals surface area contributed by atoms with Crippen LogP contribution in [0.5, 0.6) is 5.75 Å². The number of ether oxygens (including phenoxy) is 1. The maximum atomic E-state index is 12.0. The van der Waals surface area contributed by atoms with Crippen molar-refractivity contribution in [3.05, 3.63) is 41.2 Å². The van der Waals surface area contributed by atoms with E-state index in [2.05, 4.69) is 20.5 Å². The third kappa shape index (κ3) is 2.42. The molecule has 2 heterocycles. The van der Waals surface area contributed by atoms with Gasteiger partial charge in [-0.15, -0.1) is 0 Å². The SMILES string of the molecule is CNC(=O)c1cc(-c2c(C)ccc(OC)c2C)c2[nH]ncc2n1. The average molecular weight is 310 g/mol. The summed E-state index contributed by atoms with van der Waals surface area (Å²) in [5.74, 6) is 0.573. The van der Waals surface area contributed by atoms with E-state index in [0.717, 1.165) is 33.5 Å². The molecule has 0 spiro atoms. The van der Waals surface area contributed by atoms with Crippen molar-refractivity contribution in [2.75, 3.05) is 14.2 Å². The maximum absolute atomic E-state index is 12.0. The number of hydrogen-bond donors (Lipinski definition) is 2. The van der Waals surface area contributed by atoms with Gasteiger partial charge >= 0.3 is 0 Å². The third-order valence-electron chi connectivity index (χ3n) is 3.98. The monoisotopic (exact) mass is 310 g/mol. The van der Waals surface area contributed by atoms with Gasteiger partial charge in [-0.05, 0) is 42.7 Å². The van der Waals surface area contributed by atoms with Crippen LogP contribution in [0.25, 0.3) is 22.2 Å². The van der Waals surface area contributed by atoms with Crippen LogP contribution in [0.15, 0.2) is 24.4 Å². The number of amides is 1. The molecule has 6 heteroatoms. The van der Waals surface area contributed by atoms with Gasteiger partial charge in [0, 0.05) is 12.6 Å². The number of H-pyrrole nitrogens is 1. The van der Waals surface area contributed by atoms with Crippen molar-refractivity contribution in [3.8, 4) is 16.9 Å². The van der Waals surface area contributed by atoms with Crippen LogP contribution in [0.4, 0.5) is 0 Å². The van der Waals surface area contributed by atoms with E-state index >= 15 is 0 Å². The predicted octanol–water partition coefficient (Wildman–Crippen LogP) is 2.61. The van der Waals surface area contributed by atoms with E-state index in [9.17, 15) is 4.79 Å². The minimum Gasteiger partial charge on any atom is -0.496 e. The second kappa shape index (κ2) is 5.72. The van der Waals surface area contributed by atoms with Gasteiger partial charge < -0.3 is 10.1 Å². The van der Waals surface area contributed by atoms with Crippen LogP contribution in [0.3, 0.4) is 0 Å². The van der Waals surface area contributed by atoms with E-state index in [1.807, 2.05) is 26.0 Å². The molecular weight excluding hydrogens is 292 g/mol. The first-order valence-corrected chi connectivity index (χ1v) is 7.27. The smallest absolute Gasteiger partial charge is 0.269 e. The van der Waals surface area contributed by atoms with Crippen LogP contribution in [-0.2, 0) is 0 Å². The molecule has 0 unspecified atom stereocenters. The molecule has 23 heavy (non-hydrogen) atoms. The first-order chi connectivity index (χ1) is 11.1. The standard InChI is InChI=1S/C17H18N4O2/c1-9-5-6-14(23-4)10(2)15(9)11-7-12(17(22)18-3)20-13-8-19-21-16(11)13/h5-8H,1-4H3,(H,18,22)(H,19,21). The zero-order chi connectivity index (χ0) is 16.6. The largest absolute Gasteiger partial charge is 0.496 e. The average Bonchev–Trinajstić information content (AvgIpc) is 3.02. The highest BCUT2D eigenvalue weighted by atomic mass is 16.5. The highest BCUT2D eigenvalue weighted by molar-refractivity contribution is 6.00. The van der Waals surface area contributed by atoms with Crippen molar-refractivity contribution in [2.24, 2.45) is 0 Å². The molecule has 0 saturated carbocycles. The number of aromatic nitrogens is 3. The summed E-state index contributed by atoms with van der Waals surface area (Å²) < 4.78 is 5.43. The molecule has 0 radical (unpaired) electrons. The molecule has 2 N–H and O–H groups in total. The van der Waals surface area contributed by atoms with Gasteiger partial charge in [0.05, 0.1) is 18.8 Å². The van der Waals surface area contributed by atoms with Crippen molar-refractivity contribution < 1.29 is 9.53 Å². The molecule has 0 aliphatic rings. The Morgan fingerprint density at radius 1 is 1.30 bits per heavy atom. The number of carbonyl (C=O) groups excluding carboxylic acids is 1. The lowest BCUT2D eigenvalue weighted by Gasteiger charge is -2.15. The highest BCUT2D eigenvalue weighted by Gasteiger charge is 2.18. The lowest BCUT2D eigenvalue weighted by Crippen LogP contribution is -2.19. The number of nitrogens with zero attached hydrogens (tertiary/aromatic N) is 2. The summed E-state index contributed by atoms with van der Waals surface area (Å²) in [6.45, 7) is 4.04. The summed E-state index contributed by atoms with van der Waals surface area (Å²) in [5.41, 5.74) is 5.83. The first-order valence-electron chi connectivity index (χ1n) is 7.27. The fraction of sp³-hybridized carbons (Fsp3) is 0.235. The zero-order valence-corrected chi connectivity index (χ0v) is 13.5. The number of fused-ring (bicyclic) bond motifs is 1. The molecular formula is C17H18N4O2. The summed E-state index contributed by atoms with van der Waals surface area (Å²) in [4.78, 5) is 16.4. The van der Waals surface area contributed by atoms with E-state index in [4.69, 9.17) is 4.74 Å². The summed E-state index contributed by atoms with van der Waals surface area (Å²) in [6, 6.07) is 5.73. The van der Waals surface area contributed by atoms with Gasteiger partial charge in [0.1, 0.15) is 17.0 Å². The highest BCUT2D eigenvalue weighted by Crippen LogP contribution is 2.36. The molecule has 0 aliphatic heterocycles. The summed E-state index contributed by atoms with van der Waals surface area (Å²) in [7, 11) is 3.24. The van der Waals surface area contributed by atoms with Gasteiger partial charge in [-0.3, -0.25) is 9.89 Å². The van der Waals surface area contributed by atoms with Gasteiger partial charge in [0.15, 0.2) is 0 Å². The second-order valence-corrected chi connectivity index (χ2v) is 5.35. The van der Waals surface area contributed by atoms with Crippen molar-refractivity contribution in [1.29, 1.82) is 0 Å². The Morgan fingerprint density at radius 3 is 2.78 bits per heavy atom. The number of carbonyl (C=O) groups is 1. The molecule has 2 aromatic heterocycles. The van der Waals surface area contributed by atoms with Gasteiger partial charge in [-0.2, -0.15) is 5.10 Å². The van der Waals surface area contributed by atoms with Gasteiger partial charge in [-0.1, -0.05) is 6.07 Å². The molecule has 6 nitrogen and oxygen atoms in total. The summed E-state index contributed by atoms with van der Waals surface area (Å²) >= 11 is 0. The quantitative estimate of drug-likeness (QED) is 0.779. The zero-order valence-electron chi connectivity index (χ0n) is 13.5. The molecule has 3 rings (SSSR count). The van der Waals surface area contributed by atoms with Crippen LogP contribution in [-0.4, -0.2) is 35.2 Å². The van der Waals surface area contributed by atoms with E-state index in [1.165, 1.54) is 0 Å². The number of nitrogens with one attached hydrogen (secondary N) is 2. The molecule has 118 valence electrons. The van der Waals surface area contributed by atoms with E-state index in [1.54, 1.807) is 26.4 Å². The Hall–Kier alpha value is -2.89. The number of aromatic amines is 1. The fourth-order valence-corrected chi connectivity index (χ4v) is 2.84. The van der Waals surface area contributed by atoms with Crippen LogP contribution >= 0.6 is 0 Å². The Balaban J connectivity index is 2.36. The number of rotatable bonds is 3. The van der Waals surface area contributed by atoms with Crippen molar-refractivity contribution >= 4 is 16.9 Å². The molecule has 3 aromatic rings. The minimum atomic E-state index is -0.229. The number of hydrogen-bond acceptors (Lipinski definition) is 4. The minimum absolute atomic E-state index is 0.229. The van der Waals surface area contributed by atoms with E-state index < -0.39 is 0 Å². The number of benzene rings is 1. The molecule has 1 amide bonds. The van der Waals surface area contributed by atoms with Crippen molar-refractivity contribution in [2.45, 2.75) is 13.8 Å². The van der Waals surface area contributed by atoms with E-state index in [0.29, 0.717) is 11.2 Å². The van der Waals surface area contributed by atoms with Crippen LogP contribution in [0.1, 0.15) is 21.6 Å². The lowest BCUT2D eigenvalue weighted by molar-refractivity contribution is 0.0958. The first kappa shape index (κ1) is 15.0. The third-order valence-corrected chi connectivity index (χ3v) is 3.98. The van der Waals surface area contributed by atoms with Gasteiger partial charge in [0.25, 0.3) is 5.91 Å². The topological polar surface area (TPSA) is 79.9 Å². The molecule has 1 aromatic carbocycles. The number of aryl methyl sites for hydroxylation is 1. The molecule has 0 aliphatic carbocycles. The summed E-state index contributed by atoms with van der Waals surface area (Å²) in [5, 5.41) is 9.65. The summed E-state index contributed by atoms with van der Waals surface area (Å²) in [6.07, 6.45) is 1.62. The van der Waals surface area contributed by atoms with Crippen LogP contribution in [0.2, 0.25) is 0 Å². The molecule has 0 atom stereocenters.